The van der Waals surface area contributed by atoms with Crippen LogP contribution in [0.25, 0.3) is 0 Å². The normalized spacial score (nSPS) is 13.7. The lowest BCUT2D eigenvalue weighted by Gasteiger charge is -2.29. The lowest BCUT2D eigenvalue weighted by atomic mass is 9.84. The van der Waals surface area contributed by atoms with Gasteiger partial charge in [-0.2, -0.15) is 0 Å². The Morgan fingerprint density at radius 1 is 1.16 bits per heavy atom. The van der Waals surface area contributed by atoms with Gasteiger partial charge in [-0.3, -0.25) is 9.59 Å². The van der Waals surface area contributed by atoms with E-state index in [1.165, 1.54) is 14.0 Å². The molecule has 1 amide bonds. The maximum atomic E-state index is 12.0. The Labute approximate surface area is 114 Å². The van der Waals surface area contributed by atoms with Gasteiger partial charge >= 0.3 is 5.97 Å². The van der Waals surface area contributed by atoms with Crippen molar-refractivity contribution in [2.45, 2.75) is 26.8 Å². The minimum absolute atomic E-state index is 0.0597. The molecule has 0 unspecified atom stereocenters. The van der Waals surface area contributed by atoms with Crippen LogP contribution in [0.4, 0.5) is 0 Å². The van der Waals surface area contributed by atoms with Gasteiger partial charge in [0.2, 0.25) is 5.91 Å². The molecule has 0 aromatic heterocycles. The molecule has 1 N–H and O–H groups in total. The van der Waals surface area contributed by atoms with Gasteiger partial charge in [0.15, 0.2) is 0 Å². The van der Waals surface area contributed by atoms with E-state index in [0.717, 1.165) is 5.56 Å². The number of hydrogen-bond donors (Lipinski definition) is 1. The van der Waals surface area contributed by atoms with Crippen molar-refractivity contribution < 1.29 is 14.3 Å². The fraction of sp³-hybridized carbons (Fsp3) is 0.467. The Kier molecular flexibility index (Phi) is 5.55. The first kappa shape index (κ1) is 15.2. The summed E-state index contributed by atoms with van der Waals surface area (Å²) in [4.78, 5) is 23.4. The molecule has 4 nitrogen and oxygen atoms in total. The maximum Gasteiger partial charge on any atom is 0.311 e. The number of benzene rings is 1. The SMILES string of the molecule is COC(=O)[C@H](C(C)C)[C@H](NC(C)=O)c1ccccc1. The second kappa shape index (κ2) is 6.92. The quantitative estimate of drug-likeness (QED) is 0.829. The van der Waals surface area contributed by atoms with Gasteiger partial charge in [0.1, 0.15) is 0 Å². The van der Waals surface area contributed by atoms with E-state index in [1.807, 2.05) is 44.2 Å². The Morgan fingerprint density at radius 3 is 2.16 bits per heavy atom. The Morgan fingerprint density at radius 2 is 1.74 bits per heavy atom. The van der Waals surface area contributed by atoms with Crippen LogP contribution in [0.1, 0.15) is 32.4 Å². The van der Waals surface area contributed by atoms with E-state index in [2.05, 4.69) is 5.32 Å². The molecule has 0 saturated carbocycles. The van der Waals surface area contributed by atoms with Gasteiger partial charge in [-0.25, -0.2) is 0 Å². The maximum absolute atomic E-state index is 12.0. The summed E-state index contributed by atoms with van der Waals surface area (Å²) in [6.07, 6.45) is 0. The zero-order valence-corrected chi connectivity index (χ0v) is 11.8. The summed E-state index contributed by atoms with van der Waals surface area (Å²) in [5.74, 6) is -0.818. The molecule has 0 heterocycles. The molecule has 1 aromatic carbocycles. The van der Waals surface area contributed by atoms with Crippen LogP contribution in [0.5, 0.6) is 0 Å². The third kappa shape index (κ3) is 4.09. The van der Waals surface area contributed by atoms with Crippen molar-refractivity contribution >= 4 is 11.9 Å². The molecule has 0 spiro atoms. The van der Waals surface area contributed by atoms with Crippen molar-refractivity contribution in [3.63, 3.8) is 0 Å². The van der Waals surface area contributed by atoms with E-state index >= 15 is 0 Å². The van der Waals surface area contributed by atoms with Gasteiger partial charge < -0.3 is 10.1 Å². The second-order valence-corrected chi connectivity index (χ2v) is 4.88. The van der Waals surface area contributed by atoms with Crippen LogP contribution in [-0.2, 0) is 14.3 Å². The van der Waals surface area contributed by atoms with Gasteiger partial charge in [0, 0.05) is 6.92 Å². The molecule has 4 heteroatoms. The standard InChI is InChI=1S/C15H21NO3/c1-10(2)13(15(18)19-4)14(16-11(3)17)12-8-6-5-7-9-12/h5-10,13-14H,1-4H3,(H,16,17)/t13-,14-/m1/s1. The summed E-state index contributed by atoms with van der Waals surface area (Å²) >= 11 is 0. The molecule has 0 bridgehead atoms. The van der Waals surface area contributed by atoms with Crippen LogP contribution >= 0.6 is 0 Å². The number of rotatable bonds is 5. The molecule has 1 aromatic rings. The Balaban J connectivity index is 3.14. The largest absolute Gasteiger partial charge is 0.469 e. The lowest BCUT2D eigenvalue weighted by Crippen LogP contribution is -2.38. The zero-order valence-electron chi connectivity index (χ0n) is 11.8. The second-order valence-electron chi connectivity index (χ2n) is 4.88. The van der Waals surface area contributed by atoms with Crippen LogP contribution < -0.4 is 5.32 Å². The molecule has 104 valence electrons. The summed E-state index contributed by atoms with van der Waals surface area (Å²) in [6, 6.07) is 9.11. The van der Waals surface area contributed by atoms with Crippen LogP contribution in [0.3, 0.4) is 0 Å². The summed E-state index contributed by atoms with van der Waals surface area (Å²) in [5.41, 5.74) is 0.904. The van der Waals surface area contributed by atoms with Gasteiger partial charge in [0.25, 0.3) is 0 Å². The molecule has 19 heavy (non-hydrogen) atoms. The number of methoxy groups -OCH3 is 1. The molecular formula is C15H21NO3. The van der Waals surface area contributed by atoms with E-state index < -0.39 is 5.92 Å². The van der Waals surface area contributed by atoms with Crippen molar-refractivity contribution in [1.29, 1.82) is 0 Å². The van der Waals surface area contributed by atoms with Gasteiger partial charge in [-0.05, 0) is 11.5 Å². The van der Waals surface area contributed by atoms with Gasteiger partial charge in [-0.1, -0.05) is 44.2 Å². The van der Waals surface area contributed by atoms with Crippen LogP contribution in [0.2, 0.25) is 0 Å². The number of carbonyl (C=O) groups excluding carboxylic acids is 2. The lowest BCUT2D eigenvalue weighted by molar-refractivity contribution is -0.148. The van der Waals surface area contributed by atoms with Crippen LogP contribution in [0, 0.1) is 11.8 Å². The average molecular weight is 263 g/mol. The fourth-order valence-electron chi connectivity index (χ4n) is 2.19. The predicted molar refractivity (Wildman–Crippen MR) is 73.3 cm³/mol. The first-order chi connectivity index (χ1) is 8.97. The molecular weight excluding hydrogens is 242 g/mol. The van der Waals surface area contributed by atoms with Crippen molar-refractivity contribution in [1.82, 2.24) is 5.32 Å². The van der Waals surface area contributed by atoms with E-state index in [0.29, 0.717) is 0 Å². The highest BCUT2D eigenvalue weighted by atomic mass is 16.5. The molecule has 0 radical (unpaired) electrons. The molecule has 2 atom stereocenters. The number of hydrogen-bond acceptors (Lipinski definition) is 3. The number of carbonyl (C=O) groups is 2. The monoisotopic (exact) mass is 263 g/mol. The summed E-state index contributed by atoms with van der Waals surface area (Å²) in [7, 11) is 1.37. The minimum atomic E-state index is -0.406. The minimum Gasteiger partial charge on any atom is -0.469 e. The van der Waals surface area contributed by atoms with Gasteiger partial charge in [-0.15, -0.1) is 0 Å². The van der Waals surface area contributed by atoms with E-state index in [-0.39, 0.29) is 23.8 Å². The third-order valence-electron chi connectivity index (χ3n) is 3.07. The number of amides is 1. The smallest absolute Gasteiger partial charge is 0.311 e. The first-order valence-corrected chi connectivity index (χ1v) is 6.37. The van der Waals surface area contributed by atoms with E-state index in [1.54, 1.807) is 0 Å². The average Bonchev–Trinajstić information content (AvgIpc) is 2.37. The highest BCUT2D eigenvalue weighted by Gasteiger charge is 2.33. The highest BCUT2D eigenvalue weighted by molar-refractivity contribution is 5.77. The highest BCUT2D eigenvalue weighted by Crippen LogP contribution is 2.29. The predicted octanol–water partition coefficient (Wildman–Crippen LogP) is 2.31. The Bertz CT molecular complexity index is 428. The van der Waals surface area contributed by atoms with Crippen molar-refractivity contribution in [2.24, 2.45) is 11.8 Å². The molecule has 0 fully saturated rings. The first-order valence-electron chi connectivity index (χ1n) is 6.37. The summed E-state index contributed by atoms with van der Waals surface area (Å²) in [5, 5.41) is 2.85. The zero-order chi connectivity index (χ0) is 14.4. The van der Waals surface area contributed by atoms with Crippen molar-refractivity contribution in [3.8, 4) is 0 Å². The van der Waals surface area contributed by atoms with Crippen molar-refractivity contribution in [3.05, 3.63) is 35.9 Å². The topological polar surface area (TPSA) is 55.4 Å². The number of ether oxygens (including phenoxy) is 1. The molecule has 0 saturated heterocycles. The fourth-order valence-corrected chi connectivity index (χ4v) is 2.19. The molecule has 0 aliphatic rings. The summed E-state index contributed by atoms with van der Waals surface area (Å²) < 4.78 is 4.87. The van der Waals surface area contributed by atoms with Crippen LogP contribution in [-0.4, -0.2) is 19.0 Å². The number of nitrogens with one attached hydrogen (secondary N) is 1. The molecule has 1 rings (SSSR count). The third-order valence-corrected chi connectivity index (χ3v) is 3.07. The van der Waals surface area contributed by atoms with E-state index in [9.17, 15) is 9.59 Å². The van der Waals surface area contributed by atoms with Gasteiger partial charge in [0.05, 0.1) is 19.1 Å². The van der Waals surface area contributed by atoms with E-state index in [4.69, 9.17) is 4.74 Å². The van der Waals surface area contributed by atoms with Crippen LogP contribution in [0.15, 0.2) is 30.3 Å². The molecule has 0 aliphatic carbocycles. The van der Waals surface area contributed by atoms with Crippen molar-refractivity contribution in [2.75, 3.05) is 7.11 Å². The Hall–Kier alpha value is -1.84. The number of esters is 1. The molecule has 0 aliphatic heterocycles. The summed E-state index contributed by atoms with van der Waals surface area (Å²) in [6.45, 7) is 5.34.